The molecule has 0 fully saturated rings. The number of aryl methyl sites for hydroxylation is 3. The van der Waals surface area contributed by atoms with Crippen molar-refractivity contribution in [3.63, 3.8) is 0 Å². The van der Waals surface area contributed by atoms with Gasteiger partial charge in [0, 0.05) is 36.5 Å². The Bertz CT molecular complexity index is 1580. The van der Waals surface area contributed by atoms with E-state index in [-0.39, 0.29) is 11.7 Å². The fraction of sp³-hybridized carbons (Fsp3) is 0.138. The number of rotatable bonds is 6. The van der Waals surface area contributed by atoms with Crippen molar-refractivity contribution in [2.45, 2.75) is 20.4 Å². The van der Waals surface area contributed by atoms with Crippen LogP contribution in [0.2, 0.25) is 0 Å². The molecule has 0 aliphatic carbocycles. The highest BCUT2D eigenvalue weighted by molar-refractivity contribution is 6.02. The summed E-state index contributed by atoms with van der Waals surface area (Å²) in [7, 11) is 1.81. The van der Waals surface area contributed by atoms with Gasteiger partial charge in [0.15, 0.2) is 0 Å². The Kier molecular flexibility index (Phi) is 6.21. The van der Waals surface area contributed by atoms with Gasteiger partial charge in [0.05, 0.1) is 29.3 Å². The molecule has 3 aromatic carbocycles. The normalized spacial score (nSPS) is 11.4. The lowest BCUT2D eigenvalue weighted by molar-refractivity contribution is -0.111. The van der Waals surface area contributed by atoms with E-state index >= 15 is 0 Å². The summed E-state index contributed by atoms with van der Waals surface area (Å²) in [5.74, 6) is -0.546. The maximum absolute atomic E-state index is 13.3. The number of amides is 1. The minimum atomic E-state index is -0.299. The smallest absolute Gasteiger partial charge is 0.248 e. The quantitative estimate of drug-likeness (QED) is 0.309. The molecule has 1 N–H and O–H groups in total. The third-order valence-corrected chi connectivity index (χ3v) is 6.31. The lowest BCUT2D eigenvalue weighted by atomic mass is 10.1. The molecule has 36 heavy (non-hydrogen) atoms. The van der Waals surface area contributed by atoms with Gasteiger partial charge in [0.25, 0.3) is 0 Å². The second-order valence-corrected chi connectivity index (χ2v) is 8.90. The molecule has 0 spiro atoms. The third kappa shape index (κ3) is 4.81. The predicted molar refractivity (Wildman–Crippen MR) is 141 cm³/mol. The van der Waals surface area contributed by atoms with Gasteiger partial charge in [0.1, 0.15) is 5.82 Å². The Morgan fingerprint density at radius 3 is 2.50 bits per heavy atom. The summed E-state index contributed by atoms with van der Waals surface area (Å²) in [6.45, 7) is 4.90. The second-order valence-electron chi connectivity index (χ2n) is 8.90. The van der Waals surface area contributed by atoms with Crippen LogP contribution in [-0.2, 0) is 18.4 Å². The summed E-state index contributed by atoms with van der Waals surface area (Å²) in [4.78, 5) is 17.1. The van der Waals surface area contributed by atoms with E-state index in [0.29, 0.717) is 12.2 Å². The minimum Gasteiger partial charge on any atom is -0.326 e. The zero-order valence-corrected chi connectivity index (χ0v) is 20.4. The zero-order valence-electron chi connectivity index (χ0n) is 20.4. The van der Waals surface area contributed by atoms with Gasteiger partial charge in [-0.2, -0.15) is 5.10 Å². The second kappa shape index (κ2) is 9.62. The zero-order chi connectivity index (χ0) is 25.2. The number of hydrogen-bond donors (Lipinski definition) is 1. The van der Waals surface area contributed by atoms with E-state index in [1.54, 1.807) is 29.1 Å². The van der Waals surface area contributed by atoms with Gasteiger partial charge in [-0.1, -0.05) is 12.1 Å². The molecule has 0 radical (unpaired) electrons. The van der Waals surface area contributed by atoms with Crippen molar-refractivity contribution in [1.29, 1.82) is 0 Å². The maximum Gasteiger partial charge on any atom is 0.248 e. The van der Waals surface area contributed by atoms with Gasteiger partial charge in [0.2, 0.25) is 5.91 Å². The largest absolute Gasteiger partial charge is 0.326 e. The SMILES string of the molecule is Cc1cc2ncn(Cc3ccc(NC(=O)C=Cc4cnn(C)c4-c4ccc(F)cc4)cc3)c2cc1C. The first kappa shape index (κ1) is 23.2. The monoisotopic (exact) mass is 479 g/mol. The predicted octanol–water partition coefficient (Wildman–Crippen LogP) is 5.89. The van der Waals surface area contributed by atoms with E-state index in [2.05, 4.69) is 45.9 Å². The molecule has 6 nitrogen and oxygen atoms in total. The van der Waals surface area contributed by atoms with Crippen LogP contribution in [0.1, 0.15) is 22.3 Å². The van der Waals surface area contributed by atoms with Crippen LogP contribution < -0.4 is 5.32 Å². The van der Waals surface area contributed by atoms with Crippen LogP contribution in [0.3, 0.4) is 0 Å². The molecular formula is C29H26FN5O. The standard InChI is InChI=1S/C29H26FN5O/c1-19-14-26-27(15-20(19)2)35(18-31-26)17-21-4-11-25(12-5-21)33-28(36)13-8-23-16-32-34(3)29(23)22-6-9-24(30)10-7-22/h4-16,18H,17H2,1-3H3,(H,33,36). The Hall–Kier alpha value is -4.52. The molecule has 0 saturated heterocycles. The van der Waals surface area contributed by atoms with Crippen LogP contribution >= 0.6 is 0 Å². The number of anilines is 1. The molecule has 180 valence electrons. The summed E-state index contributed by atoms with van der Waals surface area (Å²) < 4.78 is 17.1. The van der Waals surface area contributed by atoms with E-state index in [0.717, 1.165) is 33.4 Å². The first-order valence-corrected chi connectivity index (χ1v) is 11.7. The van der Waals surface area contributed by atoms with Gasteiger partial charge in [-0.15, -0.1) is 0 Å². The molecule has 0 aliphatic heterocycles. The molecule has 0 aliphatic rings. The number of aromatic nitrogens is 4. The molecule has 0 bridgehead atoms. The van der Waals surface area contributed by atoms with Gasteiger partial charge in [-0.3, -0.25) is 9.48 Å². The number of fused-ring (bicyclic) bond motifs is 1. The van der Waals surface area contributed by atoms with E-state index in [1.807, 2.05) is 37.6 Å². The number of imidazole rings is 1. The summed E-state index contributed by atoms with van der Waals surface area (Å²) in [5.41, 5.74) is 8.79. The first-order valence-electron chi connectivity index (χ1n) is 11.7. The van der Waals surface area contributed by atoms with Crippen molar-refractivity contribution in [1.82, 2.24) is 19.3 Å². The summed E-state index contributed by atoms with van der Waals surface area (Å²) in [5, 5.41) is 7.17. The van der Waals surface area contributed by atoms with Crippen molar-refractivity contribution in [3.8, 4) is 11.3 Å². The molecule has 1 amide bonds. The lowest BCUT2D eigenvalue weighted by Gasteiger charge is -2.08. The van der Waals surface area contributed by atoms with Crippen molar-refractivity contribution in [2.24, 2.45) is 7.05 Å². The molecule has 2 aromatic heterocycles. The molecular weight excluding hydrogens is 453 g/mol. The van der Waals surface area contributed by atoms with Gasteiger partial charge in [-0.05, 0) is 85.1 Å². The molecule has 7 heteroatoms. The average Bonchev–Trinajstić information content (AvgIpc) is 3.42. The van der Waals surface area contributed by atoms with E-state index in [9.17, 15) is 9.18 Å². The maximum atomic E-state index is 13.3. The number of benzene rings is 3. The number of halogens is 1. The number of carbonyl (C=O) groups excluding carboxylic acids is 1. The van der Waals surface area contributed by atoms with Crippen molar-refractivity contribution in [3.05, 3.63) is 107 Å². The fourth-order valence-corrected chi connectivity index (χ4v) is 4.22. The Balaban J connectivity index is 1.26. The average molecular weight is 480 g/mol. The molecule has 5 rings (SSSR count). The van der Waals surface area contributed by atoms with Crippen molar-refractivity contribution >= 4 is 28.7 Å². The molecule has 0 unspecified atom stereocenters. The third-order valence-electron chi connectivity index (χ3n) is 6.31. The van der Waals surface area contributed by atoms with Crippen LogP contribution in [0.25, 0.3) is 28.4 Å². The lowest BCUT2D eigenvalue weighted by Crippen LogP contribution is -2.08. The molecule has 0 atom stereocenters. The summed E-state index contributed by atoms with van der Waals surface area (Å²) in [6.07, 6.45) is 6.73. The van der Waals surface area contributed by atoms with Crippen LogP contribution in [0, 0.1) is 19.7 Å². The topological polar surface area (TPSA) is 64.7 Å². The Morgan fingerprint density at radius 1 is 1.03 bits per heavy atom. The fourth-order valence-electron chi connectivity index (χ4n) is 4.22. The van der Waals surface area contributed by atoms with Crippen LogP contribution in [0.15, 0.2) is 79.3 Å². The first-order chi connectivity index (χ1) is 17.4. The van der Waals surface area contributed by atoms with E-state index < -0.39 is 0 Å². The van der Waals surface area contributed by atoms with Crippen molar-refractivity contribution < 1.29 is 9.18 Å². The highest BCUT2D eigenvalue weighted by Gasteiger charge is 2.10. The molecule has 0 saturated carbocycles. The van der Waals surface area contributed by atoms with Gasteiger partial charge >= 0.3 is 0 Å². The minimum absolute atomic E-state index is 0.247. The number of carbonyl (C=O) groups is 1. The van der Waals surface area contributed by atoms with Crippen molar-refractivity contribution in [2.75, 3.05) is 5.32 Å². The summed E-state index contributed by atoms with van der Waals surface area (Å²) in [6, 6.07) is 18.3. The summed E-state index contributed by atoms with van der Waals surface area (Å²) >= 11 is 0. The molecule has 2 heterocycles. The Morgan fingerprint density at radius 2 is 1.75 bits per heavy atom. The number of nitrogens with one attached hydrogen (secondary N) is 1. The molecule has 5 aromatic rings. The van der Waals surface area contributed by atoms with Crippen LogP contribution in [0.5, 0.6) is 0 Å². The van der Waals surface area contributed by atoms with Crippen LogP contribution in [-0.4, -0.2) is 25.2 Å². The highest BCUT2D eigenvalue weighted by Crippen LogP contribution is 2.25. The number of hydrogen-bond acceptors (Lipinski definition) is 3. The van der Waals surface area contributed by atoms with Crippen LogP contribution in [0.4, 0.5) is 10.1 Å². The van der Waals surface area contributed by atoms with Gasteiger partial charge in [-0.25, -0.2) is 9.37 Å². The van der Waals surface area contributed by atoms with E-state index in [4.69, 9.17) is 0 Å². The van der Waals surface area contributed by atoms with Gasteiger partial charge < -0.3 is 9.88 Å². The van der Waals surface area contributed by atoms with E-state index in [1.165, 1.54) is 29.3 Å². The Labute approximate surface area is 208 Å². The highest BCUT2D eigenvalue weighted by atomic mass is 19.1. The number of nitrogens with zero attached hydrogens (tertiary/aromatic N) is 4.